The highest BCUT2D eigenvalue weighted by Crippen LogP contribution is 2.36. The average molecular weight is 417 g/mol. The van der Waals surface area contributed by atoms with Crippen molar-refractivity contribution in [3.63, 3.8) is 0 Å². The molecule has 2 rings (SSSR count). The van der Waals surface area contributed by atoms with Crippen LogP contribution in [0.15, 0.2) is 17.0 Å². The van der Waals surface area contributed by atoms with Crippen LogP contribution in [-0.4, -0.2) is 39.0 Å². The third kappa shape index (κ3) is 3.41. The monoisotopic (exact) mass is 415 g/mol. The number of benzene rings is 1. The number of sulfonamides is 1. The second kappa shape index (κ2) is 7.15. The van der Waals surface area contributed by atoms with Crippen LogP contribution in [0.2, 0.25) is 10.0 Å². The van der Waals surface area contributed by atoms with Crippen molar-refractivity contribution in [3.8, 4) is 0 Å². The SMILES string of the molecule is COC[C@@H]1CCCN1S(=O)(=O)c1ccc(Cl)c(CBr)c1Cl. The predicted octanol–water partition coefficient (Wildman–Crippen LogP) is 3.69. The van der Waals surface area contributed by atoms with Crippen molar-refractivity contribution in [2.24, 2.45) is 0 Å². The molecule has 4 nitrogen and oxygen atoms in total. The number of nitrogens with zero attached hydrogens (tertiary/aromatic N) is 1. The van der Waals surface area contributed by atoms with Gasteiger partial charge in [0, 0.05) is 35.6 Å². The molecule has 0 spiro atoms. The molecule has 118 valence electrons. The normalized spacial score (nSPS) is 20.1. The first-order valence-corrected chi connectivity index (χ1v) is 9.78. The maximum Gasteiger partial charge on any atom is 0.244 e. The van der Waals surface area contributed by atoms with Crippen LogP contribution in [0.25, 0.3) is 0 Å². The van der Waals surface area contributed by atoms with Crippen molar-refractivity contribution in [1.82, 2.24) is 4.31 Å². The Balaban J connectivity index is 2.45. The van der Waals surface area contributed by atoms with E-state index < -0.39 is 10.0 Å². The van der Waals surface area contributed by atoms with E-state index in [0.29, 0.717) is 29.1 Å². The second-order valence-corrected chi connectivity index (χ2v) is 8.04. The van der Waals surface area contributed by atoms with Crippen molar-refractivity contribution >= 4 is 49.2 Å². The molecule has 0 aliphatic carbocycles. The molecule has 0 N–H and O–H groups in total. The van der Waals surface area contributed by atoms with Gasteiger partial charge in [-0.25, -0.2) is 8.42 Å². The first-order chi connectivity index (χ1) is 9.93. The number of methoxy groups -OCH3 is 1. The zero-order valence-corrected chi connectivity index (χ0v) is 15.4. The Kier molecular flexibility index (Phi) is 5.96. The maximum atomic E-state index is 12.8. The van der Waals surface area contributed by atoms with Crippen LogP contribution in [0.1, 0.15) is 18.4 Å². The minimum Gasteiger partial charge on any atom is -0.383 e. The summed E-state index contributed by atoms with van der Waals surface area (Å²) < 4.78 is 32.3. The summed E-state index contributed by atoms with van der Waals surface area (Å²) in [6, 6.07) is 2.89. The average Bonchev–Trinajstić information content (AvgIpc) is 2.88. The van der Waals surface area contributed by atoms with E-state index >= 15 is 0 Å². The highest BCUT2D eigenvalue weighted by Gasteiger charge is 2.36. The minimum atomic E-state index is -3.65. The first-order valence-electron chi connectivity index (χ1n) is 6.47. The number of ether oxygens (including phenoxy) is 1. The summed E-state index contributed by atoms with van der Waals surface area (Å²) in [5, 5.41) is 1.03. The van der Waals surface area contributed by atoms with E-state index in [4.69, 9.17) is 27.9 Å². The lowest BCUT2D eigenvalue weighted by molar-refractivity contribution is 0.149. The van der Waals surface area contributed by atoms with Gasteiger partial charge >= 0.3 is 0 Å². The fraction of sp³-hybridized carbons (Fsp3) is 0.538. The molecule has 1 heterocycles. The van der Waals surface area contributed by atoms with Gasteiger partial charge < -0.3 is 4.74 Å². The number of rotatable bonds is 5. The van der Waals surface area contributed by atoms with Gasteiger partial charge in [0.2, 0.25) is 10.0 Å². The van der Waals surface area contributed by atoms with E-state index in [1.165, 1.54) is 10.4 Å². The smallest absolute Gasteiger partial charge is 0.244 e. The van der Waals surface area contributed by atoms with E-state index in [-0.39, 0.29) is 16.0 Å². The van der Waals surface area contributed by atoms with Crippen molar-refractivity contribution < 1.29 is 13.2 Å². The summed E-state index contributed by atoms with van der Waals surface area (Å²) >= 11 is 15.6. The standard InChI is InChI=1S/C13H16BrCl2NO3S/c1-20-8-9-3-2-6-17(9)21(18,19)12-5-4-11(15)10(7-14)13(12)16/h4-5,9H,2-3,6-8H2,1H3/t9-/m0/s1. The molecule has 1 aliphatic heterocycles. The Morgan fingerprint density at radius 3 is 2.76 bits per heavy atom. The molecule has 0 saturated carbocycles. The topological polar surface area (TPSA) is 46.6 Å². The molecule has 1 aromatic carbocycles. The Morgan fingerprint density at radius 2 is 2.14 bits per heavy atom. The zero-order chi connectivity index (χ0) is 15.6. The summed E-state index contributed by atoms with van der Waals surface area (Å²) in [5.74, 6) is 0. The van der Waals surface area contributed by atoms with E-state index in [9.17, 15) is 8.42 Å². The molecule has 0 radical (unpaired) electrons. The van der Waals surface area contributed by atoms with E-state index in [0.717, 1.165) is 12.8 Å². The molecule has 0 aromatic heterocycles. The van der Waals surface area contributed by atoms with Gasteiger partial charge in [-0.2, -0.15) is 4.31 Å². The lowest BCUT2D eigenvalue weighted by Crippen LogP contribution is -2.38. The van der Waals surface area contributed by atoms with Crippen molar-refractivity contribution in [2.45, 2.75) is 29.1 Å². The van der Waals surface area contributed by atoms with Crippen molar-refractivity contribution in [3.05, 3.63) is 27.7 Å². The maximum absolute atomic E-state index is 12.8. The van der Waals surface area contributed by atoms with Gasteiger partial charge in [0.15, 0.2) is 0 Å². The molecule has 0 bridgehead atoms. The van der Waals surface area contributed by atoms with Gasteiger partial charge in [-0.05, 0) is 25.0 Å². The van der Waals surface area contributed by atoms with Crippen LogP contribution >= 0.6 is 39.1 Å². The number of alkyl halides is 1. The van der Waals surface area contributed by atoms with Crippen LogP contribution in [0, 0.1) is 0 Å². The van der Waals surface area contributed by atoms with E-state index in [1.54, 1.807) is 13.2 Å². The Labute approximate surface area is 143 Å². The molecule has 21 heavy (non-hydrogen) atoms. The summed E-state index contributed by atoms with van der Waals surface area (Å²) in [5.41, 5.74) is 0.585. The van der Waals surface area contributed by atoms with Crippen LogP contribution < -0.4 is 0 Å². The van der Waals surface area contributed by atoms with Crippen molar-refractivity contribution in [2.75, 3.05) is 20.3 Å². The molecular formula is C13H16BrCl2NO3S. The number of hydrogen-bond donors (Lipinski definition) is 0. The van der Waals surface area contributed by atoms with Gasteiger partial charge in [-0.1, -0.05) is 39.1 Å². The highest BCUT2D eigenvalue weighted by molar-refractivity contribution is 9.08. The predicted molar refractivity (Wildman–Crippen MR) is 87.9 cm³/mol. The van der Waals surface area contributed by atoms with Crippen LogP contribution in [0.5, 0.6) is 0 Å². The van der Waals surface area contributed by atoms with Gasteiger partial charge in [0.05, 0.1) is 11.6 Å². The molecule has 8 heteroatoms. The van der Waals surface area contributed by atoms with Crippen molar-refractivity contribution in [1.29, 1.82) is 0 Å². The minimum absolute atomic E-state index is 0.103. The summed E-state index contributed by atoms with van der Waals surface area (Å²) in [4.78, 5) is 0.103. The van der Waals surface area contributed by atoms with Crippen LogP contribution in [-0.2, 0) is 20.1 Å². The Hall–Kier alpha value is 0.150. The Bertz CT molecular complexity index is 624. The lowest BCUT2D eigenvalue weighted by Gasteiger charge is -2.24. The lowest BCUT2D eigenvalue weighted by atomic mass is 10.2. The third-order valence-electron chi connectivity index (χ3n) is 3.55. The van der Waals surface area contributed by atoms with E-state index in [1.807, 2.05) is 0 Å². The summed E-state index contributed by atoms with van der Waals surface area (Å²) in [6.07, 6.45) is 1.62. The number of halogens is 3. The highest BCUT2D eigenvalue weighted by atomic mass is 79.9. The molecule has 1 aliphatic rings. The molecule has 1 aromatic rings. The molecule has 0 unspecified atom stereocenters. The van der Waals surface area contributed by atoms with Gasteiger partial charge in [-0.15, -0.1) is 0 Å². The summed E-state index contributed by atoms with van der Waals surface area (Å²) in [6.45, 7) is 0.870. The molecule has 1 saturated heterocycles. The fourth-order valence-electron chi connectivity index (χ4n) is 2.51. The zero-order valence-electron chi connectivity index (χ0n) is 11.5. The summed E-state index contributed by atoms with van der Waals surface area (Å²) in [7, 11) is -2.08. The van der Waals surface area contributed by atoms with E-state index in [2.05, 4.69) is 15.9 Å². The fourth-order valence-corrected chi connectivity index (χ4v) is 5.98. The molecular weight excluding hydrogens is 401 g/mol. The van der Waals surface area contributed by atoms with Gasteiger partial charge in [0.1, 0.15) is 4.90 Å². The second-order valence-electron chi connectivity index (χ2n) is 4.84. The molecule has 1 fully saturated rings. The Morgan fingerprint density at radius 1 is 1.43 bits per heavy atom. The molecule has 1 atom stereocenters. The number of hydrogen-bond acceptors (Lipinski definition) is 3. The third-order valence-corrected chi connectivity index (χ3v) is 7.01. The quantitative estimate of drug-likeness (QED) is 0.687. The first kappa shape index (κ1) is 17.5. The van der Waals surface area contributed by atoms with Gasteiger partial charge in [-0.3, -0.25) is 0 Å². The van der Waals surface area contributed by atoms with Crippen LogP contribution in [0.3, 0.4) is 0 Å². The van der Waals surface area contributed by atoms with Crippen LogP contribution in [0.4, 0.5) is 0 Å². The largest absolute Gasteiger partial charge is 0.383 e. The van der Waals surface area contributed by atoms with Gasteiger partial charge in [0.25, 0.3) is 0 Å². The molecule has 0 amide bonds.